The molecule has 0 aromatic rings. The Hall–Kier alpha value is -0.830. The molecule has 0 amide bonds. The van der Waals surface area contributed by atoms with Crippen molar-refractivity contribution in [1.29, 1.82) is 0 Å². The smallest absolute Gasteiger partial charge is 0.320 e. The summed E-state index contributed by atoms with van der Waals surface area (Å²) in [5, 5.41) is 8.94. The lowest BCUT2D eigenvalue weighted by Crippen LogP contribution is -2.36. The highest BCUT2D eigenvalue weighted by atomic mass is 16.4. The van der Waals surface area contributed by atoms with Crippen molar-refractivity contribution in [1.82, 2.24) is 4.90 Å². The van der Waals surface area contributed by atoms with Crippen molar-refractivity contribution < 1.29 is 9.90 Å². The number of allylic oxidation sites excluding steroid dienone is 2. The van der Waals surface area contributed by atoms with Crippen LogP contribution in [0, 0.1) is 0 Å². The van der Waals surface area contributed by atoms with Gasteiger partial charge in [0.15, 0.2) is 0 Å². The van der Waals surface area contributed by atoms with E-state index in [4.69, 9.17) is 5.11 Å². The zero-order valence-electron chi connectivity index (χ0n) is 17.1. The normalized spacial score (nSPS) is 13.0. The summed E-state index contributed by atoms with van der Waals surface area (Å²) in [5.74, 6) is -0.730. The second kappa shape index (κ2) is 18.0. The number of unbranched alkanes of at least 4 members (excludes halogenated alkanes) is 12. The van der Waals surface area contributed by atoms with E-state index in [1.54, 1.807) is 6.92 Å². The van der Waals surface area contributed by atoms with Gasteiger partial charge in [0.05, 0.1) is 0 Å². The monoisotopic (exact) mass is 353 g/mol. The summed E-state index contributed by atoms with van der Waals surface area (Å²) in [6.07, 6.45) is 23.1. The van der Waals surface area contributed by atoms with Crippen LogP contribution >= 0.6 is 0 Å². The molecule has 0 spiro atoms. The van der Waals surface area contributed by atoms with E-state index in [-0.39, 0.29) is 6.04 Å². The van der Waals surface area contributed by atoms with Gasteiger partial charge >= 0.3 is 5.97 Å². The van der Waals surface area contributed by atoms with Crippen LogP contribution in [0.25, 0.3) is 0 Å². The van der Waals surface area contributed by atoms with E-state index in [2.05, 4.69) is 19.1 Å². The van der Waals surface area contributed by atoms with Crippen molar-refractivity contribution in [2.75, 3.05) is 13.6 Å². The first-order chi connectivity index (χ1) is 12.1. The van der Waals surface area contributed by atoms with Crippen LogP contribution in [0.1, 0.15) is 104 Å². The number of likely N-dealkylation sites (N-methyl/N-ethyl adjacent to an activating group) is 1. The van der Waals surface area contributed by atoms with Crippen LogP contribution in [0.2, 0.25) is 0 Å². The Bertz CT molecular complexity index is 328. The summed E-state index contributed by atoms with van der Waals surface area (Å²) in [6.45, 7) is 4.90. The number of carboxylic acids is 1. The van der Waals surface area contributed by atoms with Crippen molar-refractivity contribution >= 4 is 5.97 Å². The minimum absolute atomic E-state index is 0.372. The molecule has 0 fully saturated rings. The van der Waals surface area contributed by atoms with E-state index in [1.165, 1.54) is 83.5 Å². The van der Waals surface area contributed by atoms with Gasteiger partial charge in [0.2, 0.25) is 0 Å². The van der Waals surface area contributed by atoms with E-state index in [0.717, 1.165) is 13.0 Å². The molecule has 0 aliphatic heterocycles. The SMILES string of the molecule is CCCCCCCC/C=C\CCCCCCCCN(C)[C@@H](C)C(=O)O. The predicted octanol–water partition coefficient (Wildman–Crippen LogP) is 6.43. The number of carbonyl (C=O) groups is 1. The molecule has 1 N–H and O–H groups in total. The Morgan fingerprint density at radius 1 is 0.840 bits per heavy atom. The van der Waals surface area contributed by atoms with Crippen molar-refractivity contribution in [2.24, 2.45) is 0 Å². The van der Waals surface area contributed by atoms with E-state index >= 15 is 0 Å². The largest absolute Gasteiger partial charge is 0.480 e. The molecule has 148 valence electrons. The van der Waals surface area contributed by atoms with Crippen LogP contribution < -0.4 is 0 Å². The fraction of sp³-hybridized carbons (Fsp3) is 0.864. The Morgan fingerprint density at radius 3 is 1.76 bits per heavy atom. The molecule has 0 heterocycles. The first-order valence-corrected chi connectivity index (χ1v) is 10.7. The molecule has 0 aromatic carbocycles. The summed E-state index contributed by atoms with van der Waals surface area (Å²) >= 11 is 0. The number of hydrogen-bond acceptors (Lipinski definition) is 2. The molecule has 0 saturated carbocycles. The van der Waals surface area contributed by atoms with Gasteiger partial charge in [-0.3, -0.25) is 9.69 Å². The quantitative estimate of drug-likeness (QED) is 0.228. The van der Waals surface area contributed by atoms with Crippen molar-refractivity contribution in [2.45, 2.75) is 110 Å². The number of hydrogen-bond donors (Lipinski definition) is 1. The Labute approximate surface area is 156 Å². The van der Waals surface area contributed by atoms with E-state index in [0.29, 0.717) is 0 Å². The van der Waals surface area contributed by atoms with E-state index in [1.807, 2.05) is 11.9 Å². The number of carboxylic acid groups (broad SMARTS) is 1. The van der Waals surface area contributed by atoms with Crippen LogP contribution in [0.4, 0.5) is 0 Å². The van der Waals surface area contributed by atoms with Gasteiger partial charge in [-0.1, -0.05) is 76.9 Å². The third-order valence-corrected chi connectivity index (χ3v) is 5.04. The fourth-order valence-corrected chi connectivity index (χ4v) is 2.99. The molecule has 3 nitrogen and oxygen atoms in total. The third kappa shape index (κ3) is 16.4. The summed E-state index contributed by atoms with van der Waals surface area (Å²) in [7, 11) is 1.90. The van der Waals surface area contributed by atoms with Crippen LogP contribution in [0.3, 0.4) is 0 Å². The maximum atomic E-state index is 10.9. The van der Waals surface area contributed by atoms with Crippen LogP contribution in [0.15, 0.2) is 12.2 Å². The first kappa shape index (κ1) is 24.2. The highest BCUT2D eigenvalue weighted by Gasteiger charge is 2.15. The lowest BCUT2D eigenvalue weighted by molar-refractivity contribution is -0.142. The second-order valence-corrected chi connectivity index (χ2v) is 7.43. The van der Waals surface area contributed by atoms with E-state index < -0.39 is 5.97 Å². The highest BCUT2D eigenvalue weighted by molar-refractivity contribution is 5.72. The standard InChI is InChI=1S/C22H43NO2/c1-4-5-6-7-8-9-10-11-12-13-14-15-16-17-18-19-20-23(3)21(2)22(24)25/h11-12,21H,4-10,13-20H2,1-3H3,(H,24,25)/b12-11-/t21-/m0/s1. The Morgan fingerprint density at radius 2 is 1.28 bits per heavy atom. The molecular weight excluding hydrogens is 310 g/mol. The van der Waals surface area contributed by atoms with Gasteiger partial charge in [0.1, 0.15) is 6.04 Å². The molecule has 0 bridgehead atoms. The number of rotatable bonds is 18. The first-order valence-electron chi connectivity index (χ1n) is 10.7. The van der Waals surface area contributed by atoms with Gasteiger partial charge in [-0.2, -0.15) is 0 Å². The van der Waals surface area contributed by atoms with Crippen molar-refractivity contribution in [3.8, 4) is 0 Å². The molecular formula is C22H43NO2. The van der Waals surface area contributed by atoms with Crippen molar-refractivity contribution in [3.63, 3.8) is 0 Å². The lowest BCUT2D eigenvalue weighted by atomic mass is 10.1. The minimum Gasteiger partial charge on any atom is -0.480 e. The molecule has 0 aliphatic rings. The second-order valence-electron chi connectivity index (χ2n) is 7.43. The fourth-order valence-electron chi connectivity index (χ4n) is 2.99. The Balaban J connectivity index is 3.25. The minimum atomic E-state index is -0.730. The van der Waals surface area contributed by atoms with Crippen LogP contribution in [-0.4, -0.2) is 35.6 Å². The van der Waals surface area contributed by atoms with Gasteiger partial charge in [-0.25, -0.2) is 0 Å². The summed E-state index contributed by atoms with van der Waals surface area (Å²) < 4.78 is 0. The third-order valence-electron chi connectivity index (χ3n) is 5.04. The molecule has 0 saturated heterocycles. The molecule has 0 unspecified atom stereocenters. The van der Waals surface area contributed by atoms with Gasteiger partial charge in [-0.15, -0.1) is 0 Å². The summed E-state index contributed by atoms with van der Waals surface area (Å²) in [4.78, 5) is 12.8. The molecule has 25 heavy (non-hydrogen) atoms. The topological polar surface area (TPSA) is 40.5 Å². The summed E-state index contributed by atoms with van der Waals surface area (Å²) in [6, 6.07) is -0.372. The average molecular weight is 354 g/mol. The summed E-state index contributed by atoms with van der Waals surface area (Å²) in [5.41, 5.74) is 0. The average Bonchev–Trinajstić information content (AvgIpc) is 2.60. The maximum absolute atomic E-state index is 10.9. The zero-order valence-corrected chi connectivity index (χ0v) is 17.1. The maximum Gasteiger partial charge on any atom is 0.320 e. The predicted molar refractivity (Wildman–Crippen MR) is 109 cm³/mol. The molecule has 0 aromatic heterocycles. The van der Waals surface area contributed by atoms with Crippen LogP contribution in [0.5, 0.6) is 0 Å². The molecule has 0 aliphatic carbocycles. The van der Waals surface area contributed by atoms with Crippen LogP contribution in [-0.2, 0) is 4.79 Å². The lowest BCUT2D eigenvalue weighted by Gasteiger charge is -2.20. The van der Waals surface area contributed by atoms with Gasteiger partial charge < -0.3 is 5.11 Å². The Kier molecular flexibility index (Phi) is 17.4. The van der Waals surface area contributed by atoms with Crippen molar-refractivity contribution in [3.05, 3.63) is 12.2 Å². The van der Waals surface area contributed by atoms with E-state index in [9.17, 15) is 4.79 Å². The molecule has 1 atom stereocenters. The van der Waals surface area contributed by atoms with Gasteiger partial charge in [0, 0.05) is 0 Å². The highest BCUT2D eigenvalue weighted by Crippen LogP contribution is 2.10. The molecule has 0 rings (SSSR count). The van der Waals surface area contributed by atoms with Gasteiger partial charge in [0.25, 0.3) is 0 Å². The number of aliphatic carboxylic acids is 1. The molecule has 0 radical (unpaired) electrons. The molecule has 3 heteroatoms. The number of nitrogens with zero attached hydrogens (tertiary/aromatic N) is 1. The van der Waals surface area contributed by atoms with Gasteiger partial charge in [-0.05, 0) is 52.6 Å². The zero-order chi connectivity index (χ0) is 18.8.